The molecule has 0 saturated carbocycles. The molecule has 2 aromatic rings. The highest BCUT2D eigenvalue weighted by Crippen LogP contribution is 2.23. The summed E-state index contributed by atoms with van der Waals surface area (Å²) < 4.78 is 10.2. The Labute approximate surface area is 94.0 Å². The van der Waals surface area contributed by atoms with Crippen molar-refractivity contribution in [1.29, 1.82) is 0 Å². The molecule has 0 fully saturated rings. The average molecular weight is 218 g/mol. The topological polar surface area (TPSA) is 39.4 Å². The zero-order valence-electron chi connectivity index (χ0n) is 9.40. The maximum atomic E-state index is 11.6. The first-order valence-electron chi connectivity index (χ1n) is 5.36. The van der Waals surface area contributed by atoms with Gasteiger partial charge in [0, 0.05) is 5.39 Å². The van der Waals surface area contributed by atoms with E-state index in [1.807, 2.05) is 38.1 Å². The predicted octanol–water partition coefficient (Wildman–Crippen LogP) is 3.10. The SMILES string of the molecule is CCOC(=O)C(C)c1ccc2occc2c1. The van der Waals surface area contributed by atoms with E-state index >= 15 is 0 Å². The number of esters is 1. The fraction of sp³-hybridized carbons (Fsp3) is 0.308. The van der Waals surface area contributed by atoms with E-state index < -0.39 is 0 Å². The number of fused-ring (bicyclic) bond motifs is 1. The van der Waals surface area contributed by atoms with E-state index in [1.54, 1.807) is 6.26 Å². The number of carbonyl (C=O) groups is 1. The number of rotatable bonds is 3. The van der Waals surface area contributed by atoms with Gasteiger partial charge in [-0.1, -0.05) is 6.07 Å². The monoisotopic (exact) mass is 218 g/mol. The van der Waals surface area contributed by atoms with Crippen LogP contribution in [0.3, 0.4) is 0 Å². The van der Waals surface area contributed by atoms with Crippen molar-refractivity contribution in [3.63, 3.8) is 0 Å². The third-order valence-corrected chi connectivity index (χ3v) is 2.62. The lowest BCUT2D eigenvalue weighted by Gasteiger charge is -2.10. The lowest BCUT2D eigenvalue weighted by Crippen LogP contribution is -2.12. The minimum Gasteiger partial charge on any atom is -0.466 e. The molecule has 16 heavy (non-hydrogen) atoms. The summed E-state index contributed by atoms with van der Waals surface area (Å²) >= 11 is 0. The van der Waals surface area contributed by atoms with Crippen molar-refractivity contribution in [2.45, 2.75) is 19.8 Å². The van der Waals surface area contributed by atoms with E-state index in [2.05, 4.69) is 0 Å². The summed E-state index contributed by atoms with van der Waals surface area (Å²) in [6.07, 6.45) is 1.64. The van der Waals surface area contributed by atoms with E-state index in [1.165, 1.54) is 0 Å². The van der Waals surface area contributed by atoms with Gasteiger partial charge in [-0.05, 0) is 37.6 Å². The van der Waals surface area contributed by atoms with Gasteiger partial charge in [0.15, 0.2) is 0 Å². The van der Waals surface area contributed by atoms with Crippen LogP contribution in [0.1, 0.15) is 25.3 Å². The molecule has 0 radical (unpaired) electrons. The second kappa shape index (κ2) is 4.39. The van der Waals surface area contributed by atoms with E-state index in [0.717, 1.165) is 16.5 Å². The van der Waals surface area contributed by atoms with Crippen molar-refractivity contribution in [2.75, 3.05) is 6.61 Å². The van der Waals surface area contributed by atoms with Gasteiger partial charge in [-0.15, -0.1) is 0 Å². The summed E-state index contributed by atoms with van der Waals surface area (Å²) in [5, 5.41) is 1.01. The molecule has 0 saturated heterocycles. The summed E-state index contributed by atoms with van der Waals surface area (Å²) in [5.74, 6) is -0.426. The molecule has 1 aromatic carbocycles. The Hall–Kier alpha value is -1.77. The number of hydrogen-bond donors (Lipinski definition) is 0. The van der Waals surface area contributed by atoms with Crippen LogP contribution in [-0.2, 0) is 9.53 Å². The zero-order valence-corrected chi connectivity index (χ0v) is 9.40. The van der Waals surface area contributed by atoms with Gasteiger partial charge < -0.3 is 9.15 Å². The molecule has 1 heterocycles. The fourth-order valence-corrected chi connectivity index (χ4v) is 1.66. The van der Waals surface area contributed by atoms with Crippen molar-refractivity contribution >= 4 is 16.9 Å². The van der Waals surface area contributed by atoms with Crippen LogP contribution in [0.25, 0.3) is 11.0 Å². The minimum absolute atomic E-state index is 0.189. The van der Waals surface area contributed by atoms with Crippen LogP contribution >= 0.6 is 0 Å². The number of benzene rings is 1. The largest absolute Gasteiger partial charge is 0.466 e. The Kier molecular flexibility index (Phi) is 2.95. The van der Waals surface area contributed by atoms with E-state index in [9.17, 15) is 4.79 Å². The smallest absolute Gasteiger partial charge is 0.313 e. The Morgan fingerprint density at radius 1 is 1.44 bits per heavy atom. The maximum absolute atomic E-state index is 11.6. The second-order valence-electron chi connectivity index (χ2n) is 3.69. The highest BCUT2D eigenvalue weighted by Gasteiger charge is 2.16. The molecule has 0 aliphatic carbocycles. The molecular formula is C13H14O3. The molecule has 1 unspecified atom stereocenters. The summed E-state index contributed by atoms with van der Waals surface area (Å²) in [5.41, 5.74) is 1.78. The molecule has 0 N–H and O–H groups in total. The minimum atomic E-state index is -0.237. The first-order chi connectivity index (χ1) is 7.72. The molecule has 1 atom stereocenters. The van der Waals surface area contributed by atoms with E-state index in [-0.39, 0.29) is 11.9 Å². The number of carbonyl (C=O) groups excluding carboxylic acids is 1. The molecule has 84 valence electrons. The van der Waals surface area contributed by atoms with Crippen LogP contribution in [-0.4, -0.2) is 12.6 Å². The van der Waals surface area contributed by atoms with Gasteiger partial charge >= 0.3 is 5.97 Å². The van der Waals surface area contributed by atoms with Crippen LogP contribution in [0.4, 0.5) is 0 Å². The Morgan fingerprint density at radius 2 is 2.25 bits per heavy atom. The molecule has 0 amide bonds. The predicted molar refractivity (Wildman–Crippen MR) is 61.3 cm³/mol. The molecule has 1 aromatic heterocycles. The highest BCUT2D eigenvalue weighted by molar-refractivity contribution is 5.82. The lowest BCUT2D eigenvalue weighted by atomic mass is 10.0. The van der Waals surface area contributed by atoms with Crippen LogP contribution in [0, 0.1) is 0 Å². The highest BCUT2D eigenvalue weighted by atomic mass is 16.5. The third kappa shape index (κ3) is 1.94. The van der Waals surface area contributed by atoms with Crippen molar-refractivity contribution in [2.24, 2.45) is 0 Å². The molecule has 0 aliphatic heterocycles. The molecule has 0 aliphatic rings. The van der Waals surface area contributed by atoms with Gasteiger partial charge in [0.2, 0.25) is 0 Å². The summed E-state index contributed by atoms with van der Waals surface area (Å²) in [7, 11) is 0. The van der Waals surface area contributed by atoms with Crippen LogP contribution in [0.2, 0.25) is 0 Å². The average Bonchev–Trinajstić information content (AvgIpc) is 2.75. The zero-order chi connectivity index (χ0) is 11.5. The first-order valence-corrected chi connectivity index (χ1v) is 5.36. The fourth-order valence-electron chi connectivity index (χ4n) is 1.66. The van der Waals surface area contributed by atoms with Crippen molar-refractivity contribution < 1.29 is 13.9 Å². The second-order valence-corrected chi connectivity index (χ2v) is 3.69. The Morgan fingerprint density at radius 3 is 3.00 bits per heavy atom. The van der Waals surface area contributed by atoms with Crippen LogP contribution < -0.4 is 0 Å². The van der Waals surface area contributed by atoms with Gasteiger partial charge in [0.1, 0.15) is 5.58 Å². The molecule has 3 nitrogen and oxygen atoms in total. The van der Waals surface area contributed by atoms with E-state index in [0.29, 0.717) is 6.61 Å². The lowest BCUT2D eigenvalue weighted by molar-refractivity contribution is -0.144. The van der Waals surface area contributed by atoms with Crippen LogP contribution in [0.5, 0.6) is 0 Å². The Balaban J connectivity index is 2.28. The summed E-state index contributed by atoms with van der Waals surface area (Å²) in [6.45, 7) is 4.07. The summed E-state index contributed by atoms with van der Waals surface area (Å²) in [4.78, 5) is 11.6. The molecule has 3 heteroatoms. The third-order valence-electron chi connectivity index (χ3n) is 2.62. The standard InChI is InChI=1S/C13H14O3/c1-3-15-13(14)9(2)10-4-5-12-11(8-10)6-7-16-12/h4-9H,3H2,1-2H3. The van der Waals surface area contributed by atoms with Crippen molar-refractivity contribution in [3.8, 4) is 0 Å². The molecular weight excluding hydrogens is 204 g/mol. The van der Waals surface area contributed by atoms with Crippen LogP contribution in [0.15, 0.2) is 34.9 Å². The maximum Gasteiger partial charge on any atom is 0.313 e. The normalized spacial score (nSPS) is 12.6. The summed E-state index contributed by atoms with van der Waals surface area (Å²) in [6, 6.07) is 7.62. The number of furan rings is 1. The van der Waals surface area contributed by atoms with Gasteiger partial charge in [0.25, 0.3) is 0 Å². The van der Waals surface area contributed by atoms with Gasteiger partial charge in [-0.25, -0.2) is 0 Å². The Bertz CT molecular complexity index is 499. The van der Waals surface area contributed by atoms with Gasteiger partial charge in [-0.2, -0.15) is 0 Å². The van der Waals surface area contributed by atoms with Crippen molar-refractivity contribution in [3.05, 3.63) is 36.1 Å². The number of ether oxygens (including phenoxy) is 1. The van der Waals surface area contributed by atoms with Gasteiger partial charge in [0.05, 0.1) is 18.8 Å². The van der Waals surface area contributed by atoms with E-state index in [4.69, 9.17) is 9.15 Å². The molecule has 0 spiro atoms. The van der Waals surface area contributed by atoms with Gasteiger partial charge in [-0.3, -0.25) is 4.79 Å². The molecule has 2 rings (SSSR count). The number of hydrogen-bond acceptors (Lipinski definition) is 3. The quantitative estimate of drug-likeness (QED) is 0.743. The first kappa shape index (κ1) is 10.7. The van der Waals surface area contributed by atoms with Crippen molar-refractivity contribution in [1.82, 2.24) is 0 Å². The molecule has 0 bridgehead atoms.